The number of nitrogens with one attached hydrogen (secondary N) is 2. The topological polar surface area (TPSA) is 106 Å². The quantitative estimate of drug-likeness (QED) is 0.248. The smallest absolute Gasteiger partial charge is 0.308 e. The summed E-state index contributed by atoms with van der Waals surface area (Å²) < 4.78 is 10.3. The molecular formula is C25H23N3O5. The average Bonchev–Trinajstić information content (AvgIpc) is 2.80. The van der Waals surface area contributed by atoms with Gasteiger partial charge in [0, 0.05) is 23.7 Å². The molecule has 8 heteroatoms. The van der Waals surface area contributed by atoms with Crippen LogP contribution in [0.25, 0.3) is 0 Å². The highest BCUT2D eigenvalue weighted by Crippen LogP contribution is 2.27. The van der Waals surface area contributed by atoms with Gasteiger partial charge in [0.15, 0.2) is 11.5 Å². The van der Waals surface area contributed by atoms with Crippen molar-refractivity contribution in [3.8, 4) is 11.5 Å². The number of anilines is 1. The minimum Gasteiger partial charge on any atom is -0.493 e. The van der Waals surface area contributed by atoms with Crippen molar-refractivity contribution in [3.63, 3.8) is 0 Å². The molecule has 0 aliphatic carbocycles. The number of ether oxygens (including phenoxy) is 2. The number of hydrogen-bond donors (Lipinski definition) is 2. The first-order valence-corrected chi connectivity index (χ1v) is 10.0. The Hall–Kier alpha value is -4.46. The molecule has 0 aromatic heterocycles. The van der Waals surface area contributed by atoms with E-state index < -0.39 is 11.9 Å². The van der Waals surface area contributed by atoms with Crippen molar-refractivity contribution in [2.24, 2.45) is 5.10 Å². The average molecular weight is 445 g/mol. The van der Waals surface area contributed by atoms with Crippen LogP contribution in [0.5, 0.6) is 11.5 Å². The van der Waals surface area contributed by atoms with Gasteiger partial charge in [-0.05, 0) is 66.6 Å². The number of hydrazone groups is 1. The van der Waals surface area contributed by atoms with E-state index in [4.69, 9.17) is 9.47 Å². The van der Waals surface area contributed by atoms with Crippen molar-refractivity contribution in [2.75, 3.05) is 12.4 Å². The molecule has 0 radical (unpaired) electrons. The fourth-order valence-corrected chi connectivity index (χ4v) is 2.96. The van der Waals surface area contributed by atoms with Gasteiger partial charge in [-0.3, -0.25) is 14.4 Å². The minimum absolute atomic E-state index is 0.218. The number of aryl methyl sites for hydroxylation is 1. The molecule has 2 N–H and O–H groups in total. The number of nitrogens with zero attached hydrogens (tertiary/aromatic N) is 1. The molecule has 3 aromatic carbocycles. The molecule has 0 atom stereocenters. The van der Waals surface area contributed by atoms with Crippen LogP contribution in [0.2, 0.25) is 0 Å². The lowest BCUT2D eigenvalue weighted by Crippen LogP contribution is -2.18. The summed E-state index contributed by atoms with van der Waals surface area (Å²) in [5.41, 5.74) is 5.50. The van der Waals surface area contributed by atoms with Crippen molar-refractivity contribution >= 4 is 29.7 Å². The molecule has 0 saturated carbocycles. The SMILES string of the molecule is COc1cc(/C=N/NC(=O)c2ccc(NC(=O)c3ccccc3C)cc2)ccc1OC(C)=O. The maximum Gasteiger partial charge on any atom is 0.308 e. The van der Waals surface area contributed by atoms with E-state index in [2.05, 4.69) is 15.8 Å². The molecule has 0 saturated heterocycles. The molecule has 2 amide bonds. The van der Waals surface area contributed by atoms with E-state index in [1.807, 2.05) is 19.1 Å². The summed E-state index contributed by atoms with van der Waals surface area (Å²) >= 11 is 0. The van der Waals surface area contributed by atoms with Crippen molar-refractivity contribution in [3.05, 3.63) is 89.0 Å². The summed E-state index contributed by atoms with van der Waals surface area (Å²) in [7, 11) is 1.46. The highest BCUT2D eigenvalue weighted by molar-refractivity contribution is 6.05. The van der Waals surface area contributed by atoms with Crippen molar-refractivity contribution in [1.29, 1.82) is 0 Å². The van der Waals surface area contributed by atoms with Crippen LogP contribution >= 0.6 is 0 Å². The Kier molecular flexibility index (Phi) is 7.54. The molecular weight excluding hydrogens is 422 g/mol. The first kappa shape index (κ1) is 23.2. The van der Waals surface area contributed by atoms with E-state index in [1.165, 1.54) is 20.2 Å². The van der Waals surface area contributed by atoms with Crippen LogP contribution in [-0.2, 0) is 4.79 Å². The van der Waals surface area contributed by atoms with E-state index in [1.54, 1.807) is 54.6 Å². The Morgan fingerprint density at radius 1 is 0.909 bits per heavy atom. The molecule has 0 aliphatic rings. The summed E-state index contributed by atoms with van der Waals surface area (Å²) in [5.74, 6) is -0.427. The predicted octanol–water partition coefficient (Wildman–Crippen LogP) is 3.95. The fourth-order valence-electron chi connectivity index (χ4n) is 2.96. The van der Waals surface area contributed by atoms with E-state index >= 15 is 0 Å². The minimum atomic E-state index is -0.456. The summed E-state index contributed by atoms with van der Waals surface area (Å²) in [6.45, 7) is 3.17. The van der Waals surface area contributed by atoms with Crippen LogP contribution in [0.1, 0.15) is 38.8 Å². The highest BCUT2D eigenvalue weighted by Gasteiger charge is 2.10. The Morgan fingerprint density at radius 3 is 2.30 bits per heavy atom. The van der Waals surface area contributed by atoms with Gasteiger partial charge in [-0.25, -0.2) is 5.43 Å². The third-order valence-electron chi connectivity index (χ3n) is 4.62. The number of hydrogen-bond acceptors (Lipinski definition) is 6. The molecule has 0 spiro atoms. The van der Waals surface area contributed by atoms with Gasteiger partial charge < -0.3 is 14.8 Å². The number of amides is 2. The molecule has 33 heavy (non-hydrogen) atoms. The summed E-state index contributed by atoms with van der Waals surface area (Å²) in [4.78, 5) is 35.9. The second kappa shape index (κ2) is 10.7. The monoisotopic (exact) mass is 445 g/mol. The lowest BCUT2D eigenvalue weighted by atomic mass is 10.1. The molecule has 0 unspecified atom stereocenters. The fraction of sp³-hybridized carbons (Fsp3) is 0.120. The maximum absolute atomic E-state index is 12.4. The molecule has 3 aromatic rings. The molecule has 0 heterocycles. The number of esters is 1. The third-order valence-corrected chi connectivity index (χ3v) is 4.62. The first-order valence-electron chi connectivity index (χ1n) is 10.0. The Labute approximate surface area is 191 Å². The van der Waals surface area contributed by atoms with Crippen LogP contribution in [0, 0.1) is 6.92 Å². The van der Waals surface area contributed by atoms with Gasteiger partial charge in [-0.2, -0.15) is 5.10 Å². The van der Waals surface area contributed by atoms with Gasteiger partial charge in [0.05, 0.1) is 13.3 Å². The zero-order valence-electron chi connectivity index (χ0n) is 18.4. The normalized spacial score (nSPS) is 10.5. The van der Waals surface area contributed by atoms with Crippen LogP contribution in [0.15, 0.2) is 71.8 Å². The molecule has 0 fully saturated rings. The van der Waals surface area contributed by atoms with E-state index in [-0.39, 0.29) is 5.91 Å². The molecule has 8 nitrogen and oxygen atoms in total. The molecule has 0 bridgehead atoms. The van der Waals surface area contributed by atoms with Gasteiger partial charge in [0.2, 0.25) is 0 Å². The lowest BCUT2D eigenvalue weighted by Gasteiger charge is -2.08. The first-order chi connectivity index (χ1) is 15.9. The van der Waals surface area contributed by atoms with Crippen LogP contribution < -0.4 is 20.2 Å². The van der Waals surface area contributed by atoms with Gasteiger partial charge >= 0.3 is 5.97 Å². The number of carbonyl (C=O) groups is 3. The standard InChI is InChI=1S/C25H23N3O5/c1-16-6-4-5-7-21(16)25(31)27-20-11-9-19(10-12-20)24(30)28-26-15-18-8-13-22(33-17(2)29)23(14-18)32-3/h4-15H,1-3H3,(H,27,31)(H,28,30)/b26-15+. The largest absolute Gasteiger partial charge is 0.493 e. The van der Waals surface area contributed by atoms with Gasteiger partial charge in [0.1, 0.15) is 0 Å². The van der Waals surface area contributed by atoms with Crippen LogP contribution in [-0.4, -0.2) is 31.1 Å². The second-order valence-electron chi connectivity index (χ2n) is 7.05. The number of benzene rings is 3. The van der Waals surface area contributed by atoms with Gasteiger partial charge in [-0.15, -0.1) is 0 Å². The van der Waals surface area contributed by atoms with E-state index in [0.717, 1.165) is 5.56 Å². The van der Waals surface area contributed by atoms with Gasteiger partial charge in [0.25, 0.3) is 11.8 Å². The number of rotatable bonds is 7. The number of methoxy groups -OCH3 is 1. The Morgan fingerprint density at radius 2 is 1.64 bits per heavy atom. The Bertz CT molecular complexity index is 1200. The van der Waals surface area contributed by atoms with Crippen LogP contribution in [0.4, 0.5) is 5.69 Å². The van der Waals surface area contributed by atoms with Crippen molar-refractivity contribution in [2.45, 2.75) is 13.8 Å². The summed E-state index contributed by atoms with van der Waals surface area (Å²) in [6, 6.07) is 18.6. The highest BCUT2D eigenvalue weighted by atomic mass is 16.6. The van der Waals surface area contributed by atoms with Crippen molar-refractivity contribution < 1.29 is 23.9 Å². The second-order valence-corrected chi connectivity index (χ2v) is 7.05. The van der Waals surface area contributed by atoms with E-state index in [9.17, 15) is 14.4 Å². The Balaban J connectivity index is 1.59. The third kappa shape index (κ3) is 6.27. The zero-order chi connectivity index (χ0) is 23.8. The lowest BCUT2D eigenvalue weighted by molar-refractivity contribution is -0.132. The maximum atomic E-state index is 12.4. The predicted molar refractivity (Wildman–Crippen MR) is 125 cm³/mol. The summed E-state index contributed by atoms with van der Waals surface area (Å²) in [6.07, 6.45) is 1.44. The van der Waals surface area contributed by atoms with E-state index in [0.29, 0.717) is 33.9 Å². The van der Waals surface area contributed by atoms with Crippen LogP contribution in [0.3, 0.4) is 0 Å². The number of carbonyl (C=O) groups excluding carboxylic acids is 3. The zero-order valence-corrected chi connectivity index (χ0v) is 18.4. The molecule has 168 valence electrons. The molecule has 0 aliphatic heterocycles. The summed E-state index contributed by atoms with van der Waals surface area (Å²) in [5, 5.41) is 6.76. The molecule has 3 rings (SSSR count). The van der Waals surface area contributed by atoms with Crippen molar-refractivity contribution in [1.82, 2.24) is 5.43 Å². The van der Waals surface area contributed by atoms with Gasteiger partial charge in [-0.1, -0.05) is 18.2 Å².